The van der Waals surface area contributed by atoms with Crippen molar-refractivity contribution in [3.8, 4) is 0 Å². The van der Waals surface area contributed by atoms with E-state index in [4.69, 9.17) is 5.73 Å². The van der Waals surface area contributed by atoms with Gasteiger partial charge in [0.2, 0.25) is 11.8 Å². The number of nitrogens with two attached hydrogens (primary N) is 1. The molecule has 3 rings (SSSR count). The number of amides is 2. The molecule has 1 saturated heterocycles. The summed E-state index contributed by atoms with van der Waals surface area (Å²) in [7, 11) is 0. The van der Waals surface area contributed by atoms with Gasteiger partial charge < -0.3 is 15.5 Å². The summed E-state index contributed by atoms with van der Waals surface area (Å²) >= 11 is 0. The monoisotopic (exact) mass is 401 g/mol. The maximum atomic E-state index is 12.7. The fraction of sp³-hybridized carbons (Fsp3) is 0.364. The van der Waals surface area contributed by atoms with Crippen LogP contribution in [0.4, 0.5) is 0 Å². The fourth-order valence-corrected chi connectivity index (χ4v) is 3.37. The number of piperazine rings is 1. The van der Waals surface area contributed by atoms with Crippen molar-refractivity contribution in [3.63, 3.8) is 0 Å². The number of hydrogen-bond acceptors (Lipinski definition) is 3. The molecule has 2 amide bonds. The average molecular weight is 402 g/mol. The second kappa shape index (κ2) is 9.71. The topological polar surface area (TPSA) is 66.6 Å². The summed E-state index contributed by atoms with van der Waals surface area (Å²) in [6.45, 7) is 6.18. The molecular formula is C22H28ClN3O2. The third-order valence-electron chi connectivity index (χ3n) is 5.25. The molecule has 1 fully saturated rings. The van der Waals surface area contributed by atoms with Crippen molar-refractivity contribution in [2.75, 3.05) is 26.2 Å². The maximum Gasteiger partial charge on any atom is 0.244 e. The minimum atomic E-state index is -0.653. The van der Waals surface area contributed by atoms with E-state index in [-0.39, 0.29) is 24.2 Å². The predicted molar refractivity (Wildman–Crippen MR) is 113 cm³/mol. The average Bonchev–Trinajstić information content (AvgIpc) is 2.69. The highest BCUT2D eigenvalue weighted by Gasteiger charge is 2.28. The van der Waals surface area contributed by atoms with Gasteiger partial charge in [-0.3, -0.25) is 9.59 Å². The normalized spacial score (nSPS) is 15.0. The van der Waals surface area contributed by atoms with Crippen LogP contribution < -0.4 is 5.73 Å². The van der Waals surface area contributed by atoms with Crippen molar-refractivity contribution in [1.29, 1.82) is 0 Å². The van der Waals surface area contributed by atoms with Gasteiger partial charge >= 0.3 is 0 Å². The molecule has 2 aromatic carbocycles. The first kappa shape index (κ1) is 21.9. The molecule has 0 aliphatic carbocycles. The minimum absolute atomic E-state index is 0. The Balaban J connectivity index is 0.00000280. The Kier molecular flexibility index (Phi) is 7.61. The molecule has 0 saturated carbocycles. The molecule has 1 heterocycles. The Morgan fingerprint density at radius 2 is 1.50 bits per heavy atom. The van der Waals surface area contributed by atoms with Crippen LogP contribution in [0.25, 0.3) is 0 Å². The molecule has 2 N–H and O–H groups in total. The van der Waals surface area contributed by atoms with Gasteiger partial charge in [0.25, 0.3) is 0 Å². The third-order valence-corrected chi connectivity index (χ3v) is 5.25. The summed E-state index contributed by atoms with van der Waals surface area (Å²) in [6.07, 6.45) is 0.406. The van der Waals surface area contributed by atoms with Crippen molar-refractivity contribution in [1.82, 2.24) is 9.80 Å². The van der Waals surface area contributed by atoms with Crippen LogP contribution in [0.3, 0.4) is 0 Å². The molecule has 28 heavy (non-hydrogen) atoms. The van der Waals surface area contributed by atoms with Gasteiger partial charge in [-0.2, -0.15) is 0 Å². The first-order valence-corrected chi connectivity index (χ1v) is 9.39. The van der Waals surface area contributed by atoms with Crippen molar-refractivity contribution in [3.05, 3.63) is 70.8 Å². The van der Waals surface area contributed by atoms with E-state index < -0.39 is 6.04 Å². The molecule has 0 radical (unpaired) electrons. The van der Waals surface area contributed by atoms with Gasteiger partial charge in [-0.1, -0.05) is 54.1 Å². The van der Waals surface area contributed by atoms with Crippen LogP contribution >= 0.6 is 12.4 Å². The number of benzene rings is 2. The lowest BCUT2D eigenvalue weighted by Gasteiger charge is -2.36. The van der Waals surface area contributed by atoms with Gasteiger partial charge in [0, 0.05) is 26.2 Å². The summed E-state index contributed by atoms with van der Waals surface area (Å²) in [5, 5.41) is 0. The minimum Gasteiger partial charge on any atom is -0.339 e. The lowest BCUT2D eigenvalue weighted by Crippen LogP contribution is -2.52. The second-order valence-corrected chi connectivity index (χ2v) is 7.20. The Bertz CT molecular complexity index is 815. The summed E-state index contributed by atoms with van der Waals surface area (Å²) in [4.78, 5) is 28.9. The molecule has 0 bridgehead atoms. The number of carbonyl (C=O) groups excluding carboxylic acids is 2. The Labute approximate surface area is 172 Å². The lowest BCUT2D eigenvalue weighted by molar-refractivity contribution is -0.140. The number of carbonyl (C=O) groups is 2. The SMILES string of the molecule is Cc1ccc(C(N)C(=O)N2CCN(C(=O)Cc3ccccc3C)CC2)cc1.Cl. The molecule has 2 aromatic rings. The van der Waals surface area contributed by atoms with Gasteiger partial charge in [0.05, 0.1) is 6.42 Å². The van der Waals surface area contributed by atoms with Gasteiger partial charge in [0.15, 0.2) is 0 Å². The lowest BCUT2D eigenvalue weighted by atomic mass is 10.0. The van der Waals surface area contributed by atoms with E-state index in [0.29, 0.717) is 32.6 Å². The van der Waals surface area contributed by atoms with Crippen molar-refractivity contribution < 1.29 is 9.59 Å². The maximum absolute atomic E-state index is 12.7. The molecule has 5 nitrogen and oxygen atoms in total. The Morgan fingerprint density at radius 3 is 2.11 bits per heavy atom. The summed E-state index contributed by atoms with van der Waals surface area (Å²) in [6, 6.07) is 15.0. The molecule has 0 aromatic heterocycles. The van der Waals surface area contributed by atoms with Crippen LogP contribution in [0.5, 0.6) is 0 Å². The molecule has 1 aliphatic rings. The molecular weight excluding hydrogens is 374 g/mol. The van der Waals surface area contributed by atoms with E-state index in [1.54, 1.807) is 4.90 Å². The summed E-state index contributed by atoms with van der Waals surface area (Å²) in [5.41, 5.74) is 10.3. The van der Waals surface area contributed by atoms with Gasteiger partial charge in [-0.15, -0.1) is 12.4 Å². The standard InChI is InChI=1S/C22H27N3O2.ClH/c1-16-7-9-18(10-8-16)21(23)22(27)25-13-11-24(12-14-25)20(26)15-19-6-4-3-5-17(19)2;/h3-10,21H,11-15,23H2,1-2H3;1H. The van der Waals surface area contributed by atoms with Gasteiger partial charge in [-0.25, -0.2) is 0 Å². The summed E-state index contributed by atoms with van der Waals surface area (Å²) in [5.74, 6) is 0.0316. The van der Waals surface area contributed by atoms with Crippen LogP contribution in [-0.4, -0.2) is 47.8 Å². The number of hydrogen-bond donors (Lipinski definition) is 1. The number of nitrogens with zero attached hydrogens (tertiary/aromatic N) is 2. The zero-order valence-corrected chi connectivity index (χ0v) is 17.2. The van der Waals surface area contributed by atoms with Crippen LogP contribution in [0.1, 0.15) is 28.3 Å². The van der Waals surface area contributed by atoms with E-state index in [1.807, 2.05) is 67.3 Å². The smallest absolute Gasteiger partial charge is 0.244 e. The van der Waals surface area contributed by atoms with E-state index in [2.05, 4.69) is 0 Å². The van der Waals surface area contributed by atoms with Crippen molar-refractivity contribution >= 4 is 24.2 Å². The van der Waals surface area contributed by atoms with Crippen molar-refractivity contribution in [2.24, 2.45) is 5.73 Å². The first-order valence-electron chi connectivity index (χ1n) is 9.39. The van der Waals surface area contributed by atoms with Crippen molar-refractivity contribution in [2.45, 2.75) is 26.3 Å². The highest BCUT2D eigenvalue weighted by molar-refractivity contribution is 5.85. The highest BCUT2D eigenvalue weighted by Crippen LogP contribution is 2.16. The van der Waals surface area contributed by atoms with E-state index >= 15 is 0 Å². The van der Waals surface area contributed by atoms with Crippen LogP contribution in [0.15, 0.2) is 48.5 Å². The first-order chi connectivity index (χ1) is 13.0. The quantitative estimate of drug-likeness (QED) is 0.856. The Morgan fingerprint density at radius 1 is 0.929 bits per heavy atom. The fourth-order valence-electron chi connectivity index (χ4n) is 3.37. The van der Waals surface area contributed by atoms with Gasteiger partial charge in [-0.05, 0) is 30.5 Å². The van der Waals surface area contributed by atoms with Gasteiger partial charge in [0.1, 0.15) is 6.04 Å². The molecule has 0 spiro atoms. The number of rotatable bonds is 4. The van der Waals surface area contributed by atoms with Crippen LogP contribution in [0, 0.1) is 13.8 Å². The second-order valence-electron chi connectivity index (χ2n) is 7.20. The molecule has 1 atom stereocenters. The Hall–Kier alpha value is -2.37. The van der Waals surface area contributed by atoms with E-state index in [0.717, 1.165) is 22.3 Å². The largest absolute Gasteiger partial charge is 0.339 e. The molecule has 150 valence electrons. The number of halogens is 1. The molecule has 1 unspecified atom stereocenters. The van der Waals surface area contributed by atoms with E-state index in [1.165, 1.54) is 0 Å². The van der Waals surface area contributed by atoms with E-state index in [9.17, 15) is 9.59 Å². The zero-order chi connectivity index (χ0) is 19.4. The molecule has 1 aliphatic heterocycles. The zero-order valence-electron chi connectivity index (χ0n) is 16.4. The predicted octanol–water partition coefficient (Wildman–Crippen LogP) is 2.64. The van der Waals surface area contributed by atoms with Crippen LogP contribution in [-0.2, 0) is 16.0 Å². The van der Waals surface area contributed by atoms with Crippen LogP contribution in [0.2, 0.25) is 0 Å². The summed E-state index contributed by atoms with van der Waals surface area (Å²) < 4.78 is 0. The molecule has 6 heteroatoms. The third kappa shape index (κ3) is 5.12. The highest BCUT2D eigenvalue weighted by atomic mass is 35.5. The number of aryl methyl sites for hydroxylation is 2.